The van der Waals surface area contributed by atoms with Crippen molar-refractivity contribution >= 4 is 5.91 Å². The Morgan fingerprint density at radius 2 is 2.19 bits per heavy atom. The highest BCUT2D eigenvalue weighted by Gasteiger charge is 2.25. The van der Waals surface area contributed by atoms with Crippen molar-refractivity contribution in [2.75, 3.05) is 13.2 Å². The fraction of sp³-hybridized carbons (Fsp3) is 0.400. The summed E-state index contributed by atoms with van der Waals surface area (Å²) in [7, 11) is 0. The van der Waals surface area contributed by atoms with Gasteiger partial charge in [0.15, 0.2) is 11.6 Å². The predicted octanol–water partition coefficient (Wildman–Crippen LogP) is 2.03. The lowest BCUT2D eigenvalue weighted by atomic mass is 10.1. The summed E-state index contributed by atoms with van der Waals surface area (Å²) in [5, 5.41) is 11.6. The minimum atomic E-state index is -1.00. The van der Waals surface area contributed by atoms with E-state index in [0.29, 0.717) is 6.42 Å². The largest absolute Gasteiger partial charge is 0.491 e. The van der Waals surface area contributed by atoms with Crippen LogP contribution in [-0.4, -0.2) is 30.3 Å². The second-order valence-corrected chi connectivity index (χ2v) is 4.81. The standard InChI is InChI=1S/C15H17F2NO3/c1-2-21-12-6-5-11(16)13(14(12)17)15(20)18-10-4-3-9(7-10)8-19/h3-6,9-10,19H,2,7-8H2,1H3,(H,18,20)/t9-,10+/m0/s1. The average Bonchev–Trinajstić information content (AvgIpc) is 2.90. The number of aliphatic hydroxyl groups excluding tert-OH is 1. The molecule has 0 fully saturated rings. The van der Waals surface area contributed by atoms with E-state index in [1.165, 1.54) is 0 Å². The molecule has 0 aliphatic heterocycles. The molecule has 2 N–H and O–H groups in total. The van der Waals surface area contributed by atoms with Crippen molar-refractivity contribution in [1.82, 2.24) is 5.32 Å². The molecule has 1 amide bonds. The summed E-state index contributed by atoms with van der Waals surface area (Å²) >= 11 is 0. The molecule has 1 aliphatic carbocycles. The molecule has 1 aliphatic rings. The molecule has 2 atom stereocenters. The molecule has 0 spiro atoms. The van der Waals surface area contributed by atoms with E-state index in [4.69, 9.17) is 9.84 Å². The zero-order valence-electron chi connectivity index (χ0n) is 11.6. The lowest BCUT2D eigenvalue weighted by Crippen LogP contribution is -2.34. The first-order valence-corrected chi connectivity index (χ1v) is 6.77. The van der Waals surface area contributed by atoms with Gasteiger partial charge < -0.3 is 15.2 Å². The molecule has 0 aromatic heterocycles. The summed E-state index contributed by atoms with van der Waals surface area (Å²) in [6.07, 6.45) is 3.99. The van der Waals surface area contributed by atoms with Crippen LogP contribution in [0.1, 0.15) is 23.7 Å². The number of benzene rings is 1. The van der Waals surface area contributed by atoms with E-state index >= 15 is 0 Å². The van der Waals surface area contributed by atoms with Crippen LogP contribution >= 0.6 is 0 Å². The average molecular weight is 297 g/mol. The van der Waals surface area contributed by atoms with Crippen molar-refractivity contribution in [3.8, 4) is 5.75 Å². The van der Waals surface area contributed by atoms with Crippen molar-refractivity contribution in [1.29, 1.82) is 0 Å². The smallest absolute Gasteiger partial charge is 0.257 e. The molecule has 6 heteroatoms. The van der Waals surface area contributed by atoms with Gasteiger partial charge in [-0.25, -0.2) is 8.78 Å². The van der Waals surface area contributed by atoms with Crippen molar-refractivity contribution in [3.05, 3.63) is 41.5 Å². The third kappa shape index (κ3) is 3.39. The molecule has 0 radical (unpaired) electrons. The third-order valence-electron chi connectivity index (χ3n) is 3.31. The molecule has 4 nitrogen and oxygen atoms in total. The first kappa shape index (κ1) is 15.4. The van der Waals surface area contributed by atoms with Crippen molar-refractivity contribution in [3.63, 3.8) is 0 Å². The van der Waals surface area contributed by atoms with Gasteiger partial charge in [-0.2, -0.15) is 0 Å². The lowest BCUT2D eigenvalue weighted by Gasteiger charge is -2.14. The Labute approximate surface area is 121 Å². The first-order valence-electron chi connectivity index (χ1n) is 6.77. The Morgan fingerprint density at radius 3 is 2.81 bits per heavy atom. The van der Waals surface area contributed by atoms with E-state index in [-0.39, 0.29) is 30.9 Å². The number of halogens is 2. The van der Waals surface area contributed by atoms with E-state index in [2.05, 4.69) is 5.32 Å². The summed E-state index contributed by atoms with van der Waals surface area (Å²) in [4.78, 5) is 12.1. The molecule has 0 saturated heterocycles. The maximum absolute atomic E-state index is 14.1. The summed E-state index contributed by atoms with van der Waals surface area (Å²) < 4.78 is 32.8. The molecule has 114 valence electrons. The van der Waals surface area contributed by atoms with Crippen LogP contribution in [0.2, 0.25) is 0 Å². The Balaban J connectivity index is 2.16. The number of nitrogens with one attached hydrogen (secondary N) is 1. The molecule has 1 aromatic carbocycles. The first-order chi connectivity index (χ1) is 10.1. The van der Waals surface area contributed by atoms with Crippen LogP contribution < -0.4 is 10.1 Å². The maximum atomic E-state index is 14.1. The van der Waals surface area contributed by atoms with Gasteiger partial charge in [0.2, 0.25) is 0 Å². The minimum absolute atomic E-state index is 0.0224. The Hall–Kier alpha value is -1.95. The van der Waals surface area contributed by atoms with Crippen LogP contribution in [0.3, 0.4) is 0 Å². The summed E-state index contributed by atoms with van der Waals surface area (Å²) in [5.41, 5.74) is -0.651. The molecule has 2 rings (SSSR count). The van der Waals surface area contributed by atoms with E-state index in [1.54, 1.807) is 19.1 Å². The van der Waals surface area contributed by atoms with Gasteiger partial charge in [0.1, 0.15) is 11.4 Å². The van der Waals surface area contributed by atoms with E-state index in [9.17, 15) is 13.6 Å². The van der Waals surface area contributed by atoms with Gasteiger partial charge in [-0.05, 0) is 25.5 Å². The van der Waals surface area contributed by atoms with Gasteiger partial charge in [0, 0.05) is 18.6 Å². The van der Waals surface area contributed by atoms with Gasteiger partial charge >= 0.3 is 0 Å². The quantitative estimate of drug-likeness (QED) is 0.818. The monoisotopic (exact) mass is 297 g/mol. The topological polar surface area (TPSA) is 58.6 Å². The molecule has 0 bridgehead atoms. The molecule has 1 aromatic rings. The highest BCUT2D eigenvalue weighted by atomic mass is 19.1. The van der Waals surface area contributed by atoms with Crippen LogP contribution in [0.4, 0.5) is 8.78 Å². The minimum Gasteiger partial charge on any atom is -0.491 e. The zero-order valence-corrected chi connectivity index (χ0v) is 11.6. The van der Waals surface area contributed by atoms with Crippen LogP contribution in [0.25, 0.3) is 0 Å². The molecule has 21 heavy (non-hydrogen) atoms. The second-order valence-electron chi connectivity index (χ2n) is 4.81. The lowest BCUT2D eigenvalue weighted by molar-refractivity contribution is 0.0931. The highest BCUT2D eigenvalue weighted by Crippen LogP contribution is 2.24. The van der Waals surface area contributed by atoms with E-state index in [1.807, 2.05) is 0 Å². The van der Waals surface area contributed by atoms with Crippen LogP contribution in [0.5, 0.6) is 5.75 Å². The maximum Gasteiger partial charge on any atom is 0.257 e. The Kier molecular flexibility index (Phi) is 4.90. The summed E-state index contributed by atoms with van der Waals surface area (Å²) in [6, 6.07) is 1.82. The Bertz CT molecular complexity index is 560. The van der Waals surface area contributed by atoms with Crippen LogP contribution in [0, 0.1) is 17.6 Å². The third-order valence-corrected chi connectivity index (χ3v) is 3.31. The summed E-state index contributed by atoms with van der Waals surface area (Å²) in [6.45, 7) is 1.86. The van der Waals surface area contributed by atoms with Gasteiger partial charge in [0.05, 0.1) is 6.61 Å². The van der Waals surface area contributed by atoms with Gasteiger partial charge in [-0.1, -0.05) is 12.2 Å². The Morgan fingerprint density at radius 1 is 1.43 bits per heavy atom. The number of carbonyl (C=O) groups is 1. The second kappa shape index (κ2) is 6.67. The number of hydrogen-bond acceptors (Lipinski definition) is 3. The molecule has 0 heterocycles. The van der Waals surface area contributed by atoms with E-state index < -0.39 is 23.1 Å². The number of carbonyl (C=O) groups excluding carboxylic acids is 1. The molecular weight excluding hydrogens is 280 g/mol. The van der Waals surface area contributed by atoms with Crippen LogP contribution in [-0.2, 0) is 0 Å². The number of rotatable bonds is 5. The summed E-state index contributed by atoms with van der Waals surface area (Å²) in [5.74, 6) is -2.97. The van der Waals surface area contributed by atoms with Crippen LogP contribution in [0.15, 0.2) is 24.3 Å². The van der Waals surface area contributed by atoms with Crippen molar-refractivity contribution < 1.29 is 23.4 Å². The molecule has 0 unspecified atom stereocenters. The van der Waals surface area contributed by atoms with Crippen molar-refractivity contribution in [2.45, 2.75) is 19.4 Å². The fourth-order valence-corrected chi connectivity index (χ4v) is 2.27. The van der Waals surface area contributed by atoms with Crippen molar-refractivity contribution in [2.24, 2.45) is 5.92 Å². The zero-order chi connectivity index (χ0) is 15.4. The number of amides is 1. The van der Waals surface area contributed by atoms with Gasteiger partial charge in [-0.15, -0.1) is 0 Å². The SMILES string of the molecule is CCOc1ccc(F)c(C(=O)N[C@@H]2C=C[C@H](CO)C2)c1F. The highest BCUT2D eigenvalue weighted by molar-refractivity contribution is 5.95. The molecular formula is C15H17F2NO3. The predicted molar refractivity (Wildman–Crippen MR) is 73.1 cm³/mol. The van der Waals surface area contributed by atoms with E-state index in [0.717, 1.165) is 12.1 Å². The normalized spacial score (nSPS) is 20.6. The van der Waals surface area contributed by atoms with Gasteiger partial charge in [0.25, 0.3) is 5.91 Å². The fourth-order valence-electron chi connectivity index (χ4n) is 2.27. The van der Waals surface area contributed by atoms with Gasteiger partial charge in [-0.3, -0.25) is 4.79 Å². The number of aliphatic hydroxyl groups is 1. The number of hydrogen-bond donors (Lipinski definition) is 2. The molecule has 0 saturated carbocycles. The number of ether oxygens (including phenoxy) is 1.